The molecular weight excluding hydrogens is 308 g/mol. The van der Waals surface area contributed by atoms with Crippen LogP contribution in [-0.4, -0.2) is 13.1 Å². The number of carbonyl (C=O) groups excluding carboxylic acids is 1. The molecule has 0 unspecified atom stereocenters. The molecule has 3 aromatic carbocycles. The lowest BCUT2D eigenvalue weighted by Crippen LogP contribution is -2.00. The maximum absolute atomic E-state index is 11.5. The van der Waals surface area contributed by atoms with Crippen molar-refractivity contribution in [1.82, 2.24) is 0 Å². The average molecular weight is 328 g/mol. The number of ether oxygens (including phenoxy) is 1. The van der Waals surface area contributed by atoms with Crippen LogP contribution in [0.4, 0.5) is 0 Å². The van der Waals surface area contributed by atoms with Gasteiger partial charge in [0.25, 0.3) is 0 Å². The second-order valence-corrected chi connectivity index (χ2v) is 5.81. The van der Waals surface area contributed by atoms with Crippen LogP contribution in [-0.2, 0) is 11.2 Å². The molecule has 0 atom stereocenters. The van der Waals surface area contributed by atoms with E-state index in [1.54, 1.807) is 12.1 Å². The highest BCUT2D eigenvalue weighted by molar-refractivity contribution is 5.89. The van der Waals surface area contributed by atoms with Crippen molar-refractivity contribution in [2.45, 2.75) is 6.42 Å². The minimum Gasteiger partial charge on any atom is -0.465 e. The summed E-state index contributed by atoms with van der Waals surface area (Å²) in [6, 6.07) is 26.3. The van der Waals surface area contributed by atoms with Crippen LogP contribution in [0.2, 0.25) is 0 Å². The van der Waals surface area contributed by atoms with Crippen molar-refractivity contribution >= 4 is 18.1 Å². The number of hydrogen-bond acceptors (Lipinski definition) is 2. The van der Waals surface area contributed by atoms with E-state index in [4.69, 9.17) is 4.74 Å². The summed E-state index contributed by atoms with van der Waals surface area (Å²) in [4.78, 5) is 11.5. The van der Waals surface area contributed by atoms with Crippen LogP contribution in [0.1, 0.15) is 32.6 Å². The summed E-state index contributed by atoms with van der Waals surface area (Å²) >= 11 is 0. The first-order valence-electron chi connectivity index (χ1n) is 8.24. The summed E-state index contributed by atoms with van der Waals surface area (Å²) in [6.45, 7) is 0. The van der Waals surface area contributed by atoms with Gasteiger partial charge in [-0.3, -0.25) is 0 Å². The third kappa shape index (κ3) is 4.45. The fraction of sp³-hybridized carbons (Fsp3) is 0.0870. The summed E-state index contributed by atoms with van der Waals surface area (Å²) in [5.41, 5.74) is 5.39. The Morgan fingerprint density at radius 3 is 2.24 bits per heavy atom. The molecule has 0 radical (unpaired) electrons. The Kier molecular flexibility index (Phi) is 5.43. The van der Waals surface area contributed by atoms with E-state index in [0.29, 0.717) is 5.56 Å². The zero-order valence-corrected chi connectivity index (χ0v) is 14.2. The second kappa shape index (κ2) is 8.11. The van der Waals surface area contributed by atoms with Gasteiger partial charge < -0.3 is 4.74 Å². The molecule has 2 heteroatoms. The van der Waals surface area contributed by atoms with E-state index in [2.05, 4.69) is 60.7 Å². The van der Waals surface area contributed by atoms with Crippen LogP contribution in [0.3, 0.4) is 0 Å². The minimum atomic E-state index is -0.316. The molecule has 0 aliphatic heterocycles. The predicted molar refractivity (Wildman–Crippen MR) is 102 cm³/mol. The lowest BCUT2D eigenvalue weighted by Gasteiger charge is -2.06. The summed E-state index contributed by atoms with van der Waals surface area (Å²) in [5, 5.41) is 0. The standard InChI is InChI=1S/C23H20O2/c1-25-23(24)21-15-12-18(13-16-21)11-14-20-9-5-6-10-22(20)17-19-7-3-2-4-8-19/h2-16H,17H2,1H3. The van der Waals surface area contributed by atoms with Crippen LogP contribution < -0.4 is 0 Å². The van der Waals surface area contributed by atoms with Crippen molar-refractivity contribution in [1.29, 1.82) is 0 Å². The average Bonchev–Trinajstić information content (AvgIpc) is 2.68. The number of benzene rings is 3. The Morgan fingerprint density at radius 1 is 0.840 bits per heavy atom. The van der Waals surface area contributed by atoms with Crippen LogP contribution in [0, 0.1) is 0 Å². The first-order chi connectivity index (χ1) is 12.3. The van der Waals surface area contributed by atoms with Gasteiger partial charge in [-0.15, -0.1) is 0 Å². The Labute approximate surface area is 148 Å². The quantitative estimate of drug-likeness (QED) is 0.473. The first-order valence-corrected chi connectivity index (χ1v) is 8.24. The summed E-state index contributed by atoms with van der Waals surface area (Å²) in [7, 11) is 1.39. The molecule has 3 rings (SSSR count). The Hall–Kier alpha value is -3.13. The topological polar surface area (TPSA) is 26.3 Å². The fourth-order valence-electron chi connectivity index (χ4n) is 2.71. The molecule has 0 N–H and O–H groups in total. The van der Waals surface area contributed by atoms with E-state index >= 15 is 0 Å². The van der Waals surface area contributed by atoms with Crippen molar-refractivity contribution in [3.63, 3.8) is 0 Å². The van der Waals surface area contributed by atoms with Crippen LogP contribution in [0.15, 0.2) is 78.9 Å². The summed E-state index contributed by atoms with van der Waals surface area (Å²) < 4.78 is 4.72. The van der Waals surface area contributed by atoms with Gasteiger partial charge in [0.2, 0.25) is 0 Å². The third-order valence-corrected chi connectivity index (χ3v) is 4.08. The molecule has 124 valence electrons. The van der Waals surface area contributed by atoms with Crippen LogP contribution >= 0.6 is 0 Å². The van der Waals surface area contributed by atoms with Gasteiger partial charge in [-0.2, -0.15) is 0 Å². The van der Waals surface area contributed by atoms with E-state index in [1.807, 2.05) is 18.2 Å². The van der Waals surface area contributed by atoms with Gasteiger partial charge in [0.15, 0.2) is 0 Å². The molecule has 0 heterocycles. The van der Waals surface area contributed by atoms with E-state index in [0.717, 1.165) is 12.0 Å². The molecule has 0 aliphatic carbocycles. The molecule has 0 amide bonds. The van der Waals surface area contributed by atoms with Gasteiger partial charge in [0.1, 0.15) is 0 Å². The lowest BCUT2D eigenvalue weighted by atomic mass is 9.99. The van der Waals surface area contributed by atoms with Gasteiger partial charge in [-0.1, -0.05) is 78.9 Å². The molecule has 0 aliphatic rings. The highest BCUT2D eigenvalue weighted by atomic mass is 16.5. The van der Waals surface area contributed by atoms with Crippen LogP contribution in [0.5, 0.6) is 0 Å². The van der Waals surface area contributed by atoms with Gasteiger partial charge in [-0.05, 0) is 40.8 Å². The number of hydrogen-bond donors (Lipinski definition) is 0. The molecule has 3 aromatic rings. The van der Waals surface area contributed by atoms with Gasteiger partial charge >= 0.3 is 5.97 Å². The largest absolute Gasteiger partial charge is 0.465 e. The molecule has 0 bridgehead atoms. The smallest absolute Gasteiger partial charge is 0.337 e. The van der Waals surface area contributed by atoms with Crippen LogP contribution in [0.25, 0.3) is 12.2 Å². The maximum atomic E-state index is 11.5. The van der Waals surface area contributed by atoms with Crippen molar-refractivity contribution < 1.29 is 9.53 Å². The van der Waals surface area contributed by atoms with Crippen molar-refractivity contribution in [3.8, 4) is 0 Å². The Morgan fingerprint density at radius 2 is 1.52 bits per heavy atom. The van der Waals surface area contributed by atoms with Gasteiger partial charge in [-0.25, -0.2) is 4.79 Å². The normalized spacial score (nSPS) is 10.8. The molecule has 0 fully saturated rings. The number of rotatable bonds is 5. The molecule has 0 spiro atoms. The SMILES string of the molecule is COC(=O)c1ccc(C=Cc2ccccc2Cc2ccccc2)cc1. The van der Waals surface area contributed by atoms with Crippen molar-refractivity contribution in [2.75, 3.05) is 7.11 Å². The van der Waals surface area contributed by atoms with E-state index in [-0.39, 0.29) is 5.97 Å². The Bertz CT molecular complexity index is 862. The molecule has 25 heavy (non-hydrogen) atoms. The molecule has 2 nitrogen and oxygen atoms in total. The summed E-state index contributed by atoms with van der Waals surface area (Å²) in [5.74, 6) is -0.316. The third-order valence-electron chi connectivity index (χ3n) is 4.08. The maximum Gasteiger partial charge on any atom is 0.337 e. The van der Waals surface area contributed by atoms with Crippen molar-refractivity contribution in [2.24, 2.45) is 0 Å². The number of methoxy groups -OCH3 is 1. The van der Waals surface area contributed by atoms with E-state index in [9.17, 15) is 4.79 Å². The zero-order chi connectivity index (χ0) is 17.5. The molecule has 0 aromatic heterocycles. The lowest BCUT2D eigenvalue weighted by molar-refractivity contribution is 0.0600. The Balaban J connectivity index is 1.78. The highest BCUT2D eigenvalue weighted by Crippen LogP contribution is 2.17. The van der Waals surface area contributed by atoms with E-state index < -0.39 is 0 Å². The molecular formula is C23H20O2. The zero-order valence-electron chi connectivity index (χ0n) is 14.2. The molecule has 0 saturated heterocycles. The highest BCUT2D eigenvalue weighted by Gasteiger charge is 2.04. The summed E-state index contributed by atoms with van der Waals surface area (Å²) in [6.07, 6.45) is 5.08. The predicted octanol–water partition coefficient (Wildman–Crippen LogP) is 5.23. The number of esters is 1. The fourth-order valence-corrected chi connectivity index (χ4v) is 2.71. The van der Waals surface area contributed by atoms with E-state index in [1.165, 1.54) is 23.8 Å². The monoisotopic (exact) mass is 328 g/mol. The van der Waals surface area contributed by atoms with Crippen molar-refractivity contribution in [3.05, 3.63) is 107 Å². The first kappa shape index (κ1) is 16.7. The second-order valence-electron chi connectivity index (χ2n) is 5.81. The number of carbonyl (C=O) groups is 1. The molecule has 0 saturated carbocycles. The van der Waals surface area contributed by atoms with Gasteiger partial charge in [0, 0.05) is 0 Å². The minimum absolute atomic E-state index is 0.316. The van der Waals surface area contributed by atoms with Gasteiger partial charge in [0.05, 0.1) is 12.7 Å².